The normalized spacial score (nSPS) is 18.4. The van der Waals surface area contributed by atoms with Crippen molar-refractivity contribution in [2.45, 2.75) is 44.3 Å². The summed E-state index contributed by atoms with van der Waals surface area (Å²) in [6.45, 7) is 3.28. The molecule has 2 aliphatic rings. The number of rotatable bonds is 6. The van der Waals surface area contributed by atoms with E-state index < -0.39 is 0 Å². The average Bonchev–Trinajstić information content (AvgIpc) is 3.53. The summed E-state index contributed by atoms with van der Waals surface area (Å²) in [7, 11) is 0. The highest BCUT2D eigenvalue weighted by atomic mass is 35.5. The molecule has 0 aromatic heterocycles. The van der Waals surface area contributed by atoms with Gasteiger partial charge >= 0.3 is 0 Å². The van der Waals surface area contributed by atoms with E-state index in [1.165, 1.54) is 44.3 Å². The third-order valence-corrected chi connectivity index (χ3v) is 5.73. The van der Waals surface area contributed by atoms with Crippen LogP contribution in [0.3, 0.4) is 0 Å². The van der Waals surface area contributed by atoms with Crippen LogP contribution in [0.15, 0.2) is 48.5 Å². The zero-order chi connectivity index (χ0) is 18.6. The van der Waals surface area contributed by atoms with Crippen LogP contribution in [0.4, 0.5) is 5.69 Å². The van der Waals surface area contributed by atoms with E-state index in [9.17, 15) is 4.79 Å². The summed E-state index contributed by atoms with van der Waals surface area (Å²) in [5.41, 5.74) is 2.61. The molecule has 0 unspecified atom stereocenters. The van der Waals surface area contributed by atoms with Gasteiger partial charge in [0.1, 0.15) is 0 Å². The second-order valence-corrected chi connectivity index (χ2v) is 8.02. The number of halogens is 1. The summed E-state index contributed by atoms with van der Waals surface area (Å²) < 4.78 is 0. The Morgan fingerprint density at radius 1 is 1.04 bits per heavy atom. The van der Waals surface area contributed by atoms with Crippen LogP contribution in [0.1, 0.15) is 41.6 Å². The van der Waals surface area contributed by atoms with Gasteiger partial charge in [0.15, 0.2) is 0 Å². The maximum Gasteiger partial charge on any atom is 0.255 e. The van der Waals surface area contributed by atoms with Crippen LogP contribution in [0.25, 0.3) is 0 Å². The van der Waals surface area contributed by atoms with Crippen molar-refractivity contribution in [3.05, 3.63) is 64.7 Å². The van der Waals surface area contributed by atoms with Crippen molar-refractivity contribution < 1.29 is 4.79 Å². The summed E-state index contributed by atoms with van der Waals surface area (Å²) in [5.74, 6) is -0.121. The minimum Gasteiger partial charge on any atom is -0.322 e. The number of carbonyl (C=O) groups excluding carboxylic acids is 1. The first-order valence-electron chi connectivity index (χ1n) is 9.81. The monoisotopic (exact) mass is 383 g/mol. The van der Waals surface area contributed by atoms with Crippen molar-refractivity contribution in [3.8, 4) is 0 Å². The lowest BCUT2D eigenvalue weighted by atomic mass is 10.0. The minimum atomic E-state index is -0.121. The third-order valence-electron chi connectivity index (χ3n) is 5.48. The number of amides is 1. The molecule has 5 heteroatoms. The molecule has 2 fully saturated rings. The number of anilines is 1. The molecule has 0 bridgehead atoms. The first-order valence-corrected chi connectivity index (χ1v) is 10.2. The van der Waals surface area contributed by atoms with Crippen molar-refractivity contribution >= 4 is 23.2 Å². The Morgan fingerprint density at radius 3 is 2.48 bits per heavy atom. The molecule has 1 amide bonds. The predicted octanol–water partition coefficient (Wildman–Crippen LogP) is 4.31. The molecule has 4 rings (SSSR count). The van der Waals surface area contributed by atoms with Crippen molar-refractivity contribution in [1.82, 2.24) is 10.2 Å². The maximum absolute atomic E-state index is 12.4. The van der Waals surface area contributed by atoms with E-state index in [1.807, 2.05) is 18.2 Å². The number of piperidine rings is 1. The number of nitrogens with one attached hydrogen (secondary N) is 2. The third kappa shape index (κ3) is 5.10. The van der Waals surface area contributed by atoms with E-state index in [1.54, 1.807) is 24.3 Å². The number of hydrogen-bond donors (Lipinski definition) is 2. The van der Waals surface area contributed by atoms with Gasteiger partial charge in [-0.1, -0.05) is 23.7 Å². The quantitative estimate of drug-likeness (QED) is 0.781. The van der Waals surface area contributed by atoms with Gasteiger partial charge in [0.2, 0.25) is 0 Å². The fourth-order valence-corrected chi connectivity index (χ4v) is 3.86. The molecule has 142 valence electrons. The number of nitrogens with zero attached hydrogens (tertiary/aromatic N) is 1. The van der Waals surface area contributed by atoms with E-state index in [4.69, 9.17) is 11.6 Å². The Balaban J connectivity index is 1.28. The van der Waals surface area contributed by atoms with E-state index in [-0.39, 0.29) is 5.91 Å². The average molecular weight is 384 g/mol. The van der Waals surface area contributed by atoms with Crippen molar-refractivity contribution in [3.63, 3.8) is 0 Å². The molecular weight excluding hydrogens is 358 g/mol. The van der Waals surface area contributed by atoms with Crippen LogP contribution < -0.4 is 10.6 Å². The SMILES string of the molecule is O=C(Nc1cccc(CNC2CCN(C3CC3)CC2)c1)c1ccc(Cl)cc1. The van der Waals surface area contributed by atoms with Gasteiger partial charge in [0, 0.05) is 34.9 Å². The lowest BCUT2D eigenvalue weighted by molar-refractivity contribution is 0.102. The molecule has 0 radical (unpaired) electrons. The second-order valence-electron chi connectivity index (χ2n) is 7.58. The van der Waals surface area contributed by atoms with Crippen molar-refractivity contribution in [2.75, 3.05) is 18.4 Å². The number of likely N-dealkylation sites (tertiary alicyclic amines) is 1. The Morgan fingerprint density at radius 2 is 1.78 bits per heavy atom. The molecule has 1 aliphatic heterocycles. The molecule has 1 saturated heterocycles. The van der Waals surface area contributed by atoms with Crippen LogP contribution in [-0.4, -0.2) is 36.0 Å². The molecule has 2 aromatic carbocycles. The Bertz CT molecular complexity index is 780. The van der Waals surface area contributed by atoms with Crippen LogP contribution in [0, 0.1) is 0 Å². The fourth-order valence-electron chi connectivity index (χ4n) is 3.73. The van der Waals surface area contributed by atoms with Crippen LogP contribution in [-0.2, 0) is 6.54 Å². The molecule has 0 atom stereocenters. The molecule has 1 aliphatic carbocycles. The van der Waals surface area contributed by atoms with Gasteiger partial charge < -0.3 is 15.5 Å². The first kappa shape index (κ1) is 18.5. The van der Waals surface area contributed by atoms with Crippen LogP contribution >= 0.6 is 11.6 Å². The molecule has 1 saturated carbocycles. The highest BCUT2D eigenvalue weighted by Gasteiger charge is 2.31. The molecule has 2 N–H and O–H groups in total. The van der Waals surface area contributed by atoms with Gasteiger partial charge in [0.05, 0.1) is 0 Å². The standard InChI is InChI=1S/C22H26ClN3O/c23-18-6-4-17(5-7-18)22(27)25-20-3-1-2-16(14-20)15-24-19-10-12-26(13-11-19)21-8-9-21/h1-7,14,19,21,24H,8-13,15H2,(H,25,27). The smallest absolute Gasteiger partial charge is 0.255 e. The number of benzene rings is 2. The summed E-state index contributed by atoms with van der Waals surface area (Å²) in [6.07, 6.45) is 5.24. The largest absolute Gasteiger partial charge is 0.322 e. The lowest BCUT2D eigenvalue weighted by Gasteiger charge is -2.32. The van der Waals surface area contributed by atoms with Crippen molar-refractivity contribution in [2.24, 2.45) is 0 Å². The summed E-state index contributed by atoms with van der Waals surface area (Å²) in [6, 6.07) is 16.4. The molecule has 27 heavy (non-hydrogen) atoms. The summed E-state index contributed by atoms with van der Waals surface area (Å²) in [5, 5.41) is 7.27. The molecule has 0 spiro atoms. The topological polar surface area (TPSA) is 44.4 Å². The highest BCUT2D eigenvalue weighted by molar-refractivity contribution is 6.30. The van der Waals surface area contributed by atoms with Gasteiger partial charge in [-0.3, -0.25) is 4.79 Å². The predicted molar refractivity (Wildman–Crippen MR) is 110 cm³/mol. The Hall–Kier alpha value is -1.88. The van der Waals surface area contributed by atoms with E-state index in [0.717, 1.165) is 18.3 Å². The summed E-state index contributed by atoms with van der Waals surface area (Å²) >= 11 is 5.88. The fraction of sp³-hybridized carbons (Fsp3) is 0.409. The molecule has 4 nitrogen and oxygen atoms in total. The molecular formula is C22H26ClN3O. The zero-order valence-electron chi connectivity index (χ0n) is 15.5. The number of hydrogen-bond acceptors (Lipinski definition) is 3. The van der Waals surface area contributed by atoms with Gasteiger partial charge in [-0.05, 0) is 80.7 Å². The summed E-state index contributed by atoms with van der Waals surface area (Å²) in [4.78, 5) is 15.0. The highest BCUT2D eigenvalue weighted by Crippen LogP contribution is 2.29. The van der Waals surface area contributed by atoms with Gasteiger partial charge in [0.25, 0.3) is 5.91 Å². The van der Waals surface area contributed by atoms with Gasteiger partial charge in [-0.15, -0.1) is 0 Å². The van der Waals surface area contributed by atoms with Crippen LogP contribution in [0.2, 0.25) is 5.02 Å². The van der Waals surface area contributed by atoms with Gasteiger partial charge in [-0.25, -0.2) is 0 Å². The first-order chi connectivity index (χ1) is 13.2. The maximum atomic E-state index is 12.4. The zero-order valence-corrected chi connectivity index (χ0v) is 16.2. The lowest BCUT2D eigenvalue weighted by Crippen LogP contribution is -2.43. The van der Waals surface area contributed by atoms with E-state index >= 15 is 0 Å². The van der Waals surface area contributed by atoms with Crippen LogP contribution in [0.5, 0.6) is 0 Å². The Labute approximate surface area is 165 Å². The van der Waals surface area contributed by atoms with E-state index in [0.29, 0.717) is 16.6 Å². The van der Waals surface area contributed by atoms with Gasteiger partial charge in [-0.2, -0.15) is 0 Å². The molecule has 2 aromatic rings. The minimum absolute atomic E-state index is 0.121. The number of carbonyl (C=O) groups is 1. The second kappa shape index (κ2) is 8.42. The van der Waals surface area contributed by atoms with E-state index in [2.05, 4.69) is 21.6 Å². The Kier molecular flexibility index (Phi) is 5.77. The molecule has 1 heterocycles. The van der Waals surface area contributed by atoms with Crippen molar-refractivity contribution in [1.29, 1.82) is 0 Å².